The molecule has 0 saturated heterocycles. The summed E-state index contributed by atoms with van der Waals surface area (Å²) in [4.78, 5) is 17.3. The molecule has 0 spiro atoms. The summed E-state index contributed by atoms with van der Waals surface area (Å²) in [7, 11) is 1.65. The van der Waals surface area contributed by atoms with Gasteiger partial charge >= 0.3 is 0 Å². The Labute approximate surface area is 145 Å². The molecular formula is C17H21FN4OS. The Hall–Kier alpha value is -2.41. The van der Waals surface area contributed by atoms with E-state index >= 15 is 0 Å². The molecule has 0 aliphatic carbocycles. The number of thiophene rings is 1. The lowest BCUT2D eigenvalue weighted by Gasteiger charge is -2.15. The number of nitrogens with one attached hydrogen (secondary N) is 3. The number of halogens is 1. The Bertz CT molecular complexity index is 688. The molecule has 1 heterocycles. The monoisotopic (exact) mass is 348 g/mol. The number of nitrogens with zero attached hydrogens (tertiary/aromatic N) is 1. The van der Waals surface area contributed by atoms with Crippen LogP contribution in [-0.4, -0.2) is 32.0 Å². The summed E-state index contributed by atoms with van der Waals surface area (Å²) in [5.74, 6) is 0.244. The lowest BCUT2D eigenvalue weighted by atomic mass is 10.1. The lowest BCUT2D eigenvalue weighted by Crippen LogP contribution is -2.42. The highest BCUT2D eigenvalue weighted by atomic mass is 32.1. The molecule has 1 unspecified atom stereocenters. The van der Waals surface area contributed by atoms with E-state index < -0.39 is 0 Å². The van der Waals surface area contributed by atoms with Crippen molar-refractivity contribution in [1.82, 2.24) is 10.6 Å². The molecule has 0 aliphatic heterocycles. The second kappa shape index (κ2) is 9.02. The third kappa shape index (κ3) is 5.66. The number of hydrogen-bond acceptors (Lipinski definition) is 3. The van der Waals surface area contributed by atoms with Crippen LogP contribution in [-0.2, 0) is 4.79 Å². The van der Waals surface area contributed by atoms with Crippen LogP contribution in [0.1, 0.15) is 17.7 Å². The first-order chi connectivity index (χ1) is 11.6. The number of benzene rings is 1. The molecule has 1 amide bonds. The maximum absolute atomic E-state index is 13.1. The molecule has 0 saturated carbocycles. The molecule has 1 aromatic heterocycles. The van der Waals surface area contributed by atoms with E-state index in [0.717, 1.165) is 0 Å². The minimum atomic E-state index is -0.388. The summed E-state index contributed by atoms with van der Waals surface area (Å²) in [6.45, 7) is 2.89. The average Bonchev–Trinajstić information content (AvgIpc) is 3.09. The standard InChI is InChI=1S/C17H21FN4OS/c1-12(15-7-4-8-24-15)10-20-17(19-2)21-11-16(23)22-14-6-3-5-13(18)9-14/h3-9,12H,10-11H2,1-2H3,(H,22,23)(H2,19,20,21). The first-order valence-electron chi connectivity index (χ1n) is 7.62. The highest BCUT2D eigenvalue weighted by Crippen LogP contribution is 2.19. The van der Waals surface area contributed by atoms with E-state index in [1.54, 1.807) is 30.5 Å². The molecule has 1 aromatic carbocycles. The normalized spacial score (nSPS) is 12.5. The summed E-state index contributed by atoms with van der Waals surface area (Å²) in [5, 5.41) is 10.8. The maximum Gasteiger partial charge on any atom is 0.243 e. The van der Waals surface area contributed by atoms with Gasteiger partial charge in [0, 0.05) is 30.1 Å². The van der Waals surface area contributed by atoms with Gasteiger partial charge in [-0.15, -0.1) is 11.3 Å². The number of anilines is 1. The molecule has 7 heteroatoms. The van der Waals surface area contributed by atoms with Gasteiger partial charge in [-0.25, -0.2) is 4.39 Å². The van der Waals surface area contributed by atoms with E-state index in [1.807, 2.05) is 6.07 Å². The molecule has 0 bridgehead atoms. The van der Waals surface area contributed by atoms with E-state index in [4.69, 9.17) is 0 Å². The van der Waals surface area contributed by atoms with Gasteiger partial charge in [-0.3, -0.25) is 9.79 Å². The second-order valence-corrected chi connectivity index (χ2v) is 6.26. The van der Waals surface area contributed by atoms with E-state index in [2.05, 4.69) is 39.3 Å². The predicted octanol–water partition coefficient (Wildman–Crippen LogP) is 2.79. The molecule has 2 aromatic rings. The minimum Gasteiger partial charge on any atom is -0.356 e. The number of carbonyl (C=O) groups is 1. The van der Waals surface area contributed by atoms with E-state index in [-0.39, 0.29) is 18.3 Å². The van der Waals surface area contributed by atoms with Crippen LogP contribution in [0.15, 0.2) is 46.8 Å². The van der Waals surface area contributed by atoms with Crippen molar-refractivity contribution in [3.05, 3.63) is 52.5 Å². The number of guanidine groups is 1. The van der Waals surface area contributed by atoms with Crippen LogP contribution in [0.4, 0.5) is 10.1 Å². The number of carbonyl (C=O) groups excluding carboxylic acids is 1. The smallest absolute Gasteiger partial charge is 0.243 e. The van der Waals surface area contributed by atoms with Crippen LogP contribution in [0, 0.1) is 5.82 Å². The Morgan fingerprint density at radius 3 is 2.79 bits per heavy atom. The molecule has 24 heavy (non-hydrogen) atoms. The third-order valence-electron chi connectivity index (χ3n) is 3.35. The van der Waals surface area contributed by atoms with E-state index in [9.17, 15) is 9.18 Å². The van der Waals surface area contributed by atoms with Crippen molar-refractivity contribution in [3.8, 4) is 0 Å². The molecule has 2 rings (SSSR count). The molecule has 3 N–H and O–H groups in total. The van der Waals surface area contributed by atoms with Crippen molar-refractivity contribution < 1.29 is 9.18 Å². The molecule has 0 radical (unpaired) electrons. The van der Waals surface area contributed by atoms with Gasteiger partial charge in [0.25, 0.3) is 0 Å². The summed E-state index contributed by atoms with van der Waals surface area (Å²) in [5.41, 5.74) is 0.427. The first kappa shape index (κ1) is 17.9. The quantitative estimate of drug-likeness (QED) is 0.555. The SMILES string of the molecule is CN=C(NCC(=O)Nc1cccc(F)c1)NCC(C)c1cccs1. The van der Waals surface area contributed by atoms with Crippen molar-refractivity contribution in [2.45, 2.75) is 12.8 Å². The van der Waals surface area contributed by atoms with Crippen LogP contribution in [0.3, 0.4) is 0 Å². The topological polar surface area (TPSA) is 65.5 Å². The lowest BCUT2D eigenvalue weighted by molar-refractivity contribution is -0.115. The highest BCUT2D eigenvalue weighted by Gasteiger charge is 2.09. The number of rotatable bonds is 6. The number of amides is 1. The number of hydrogen-bond donors (Lipinski definition) is 3. The van der Waals surface area contributed by atoms with Crippen molar-refractivity contribution in [2.24, 2.45) is 4.99 Å². The molecule has 1 atom stereocenters. The van der Waals surface area contributed by atoms with Gasteiger partial charge in [0.15, 0.2) is 5.96 Å². The summed E-state index contributed by atoms with van der Waals surface area (Å²) in [6.07, 6.45) is 0. The van der Waals surface area contributed by atoms with Gasteiger partial charge in [0.2, 0.25) is 5.91 Å². The van der Waals surface area contributed by atoms with Gasteiger partial charge < -0.3 is 16.0 Å². The van der Waals surface area contributed by atoms with Crippen LogP contribution in [0.25, 0.3) is 0 Å². The van der Waals surface area contributed by atoms with Gasteiger partial charge in [-0.05, 0) is 29.6 Å². The predicted molar refractivity (Wildman–Crippen MR) is 97.1 cm³/mol. The molecule has 0 fully saturated rings. The van der Waals surface area contributed by atoms with Crippen LogP contribution in [0.5, 0.6) is 0 Å². The zero-order chi connectivity index (χ0) is 17.4. The summed E-state index contributed by atoms with van der Waals surface area (Å²) < 4.78 is 13.1. The largest absolute Gasteiger partial charge is 0.356 e. The van der Waals surface area contributed by atoms with Gasteiger partial charge in [-0.2, -0.15) is 0 Å². The number of aliphatic imine (C=N–C) groups is 1. The fraction of sp³-hybridized carbons (Fsp3) is 0.294. The fourth-order valence-electron chi connectivity index (χ4n) is 2.08. The van der Waals surface area contributed by atoms with Crippen LogP contribution < -0.4 is 16.0 Å². The van der Waals surface area contributed by atoms with E-state index in [1.165, 1.54) is 17.0 Å². The minimum absolute atomic E-state index is 0.0452. The molecule has 5 nitrogen and oxygen atoms in total. The van der Waals surface area contributed by atoms with E-state index in [0.29, 0.717) is 24.1 Å². The fourth-order valence-corrected chi connectivity index (χ4v) is 2.87. The average molecular weight is 348 g/mol. The third-order valence-corrected chi connectivity index (χ3v) is 4.46. The second-order valence-electron chi connectivity index (χ2n) is 5.28. The summed E-state index contributed by atoms with van der Waals surface area (Å²) in [6, 6.07) is 9.91. The van der Waals surface area contributed by atoms with Crippen LogP contribution in [0.2, 0.25) is 0 Å². The zero-order valence-electron chi connectivity index (χ0n) is 13.7. The van der Waals surface area contributed by atoms with Gasteiger partial charge in [-0.1, -0.05) is 19.1 Å². The Morgan fingerprint density at radius 1 is 1.29 bits per heavy atom. The van der Waals surface area contributed by atoms with Crippen molar-refractivity contribution in [2.75, 3.05) is 25.5 Å². The van der Waals surface area contributed by atoms with Crippen molar-refractivity contribution in [3.63, 3.8) is 0 Å². The van der Waals surface area contributed by atoms with Crippen LogP contribution >= 0.6 is 11.3 Å². The Kier molecular flexibility index (Phi) is 6.74. The molecule has 128 valence electrons. The highest BCUT2D eigenvalue weighted by molar-refractivity contribution is 7.10. The van der Waals surface area contributed by atoms with Crippen molar-refractivity contribution in [1.29, 1.82) is 0 Å². The first-order valence-corrected chi connectivity index (χ1v) is 8.50. The maximum atomic E-state index is 13.1. The van der Waals surface area contributed by atoms with Crippen molar-refractivity contribution >= 4 is 28.9 Å². The van der Waals surface area contributed by atoms with Gasteiger partial charge in [0.1, 0.15) is 5.82 Å². The van der Waals surface area contributed by atoms with Gasteiger partial charge in [0.05, 0.1) is 6.54 Å². The summed E-state index contributed by atoms with van der Waals surface area (Å²) >= 11 is 1.72. The Morgan fingerprint density at radius 2 is 2.12 bits per heavy atom. The Balaban J connectivity index is 1.75. The molecule has 0 aliphatic rings. The zero-order valence-corrected chi connectivity index (χ0v) is 14.5. The molecular weight excluding hydrogens is 327 g/mol.